The Kier molecular flexibility index (Phi) is 6.90. The van der Waals surface area contributed by atoms with Crippen LogP contribution < -0.4 is 5.73 Å². The average molecular weight is 360 g/mol. The lowest BCUT2D eigenvalue weighted by Crippen LogP contribution is -2.40. The number of nitrogens with two attached hydrogens (primary N) is 1. The van der Waals surface area contributed by atoms with Gasteiger partial charge in [0.25, 0.3) is 0 Å². The molecule has 4 nitrogen and oxygen atoms in total. The van der Waals surface area contributed by atoms with Gasteiger partial charge in [-0.15, -0.1) is 11.3 Å². The van der Waals surface area contributed by atoms with Gasteiger partial charge in [-0.2, -0.15) is 0 Å². The van der Waals surface area contributed by atoms with Crippen molar-refractivity contribution in [2.75, 3.05) is 13.1 Å². The van der Waals surface area contributed by atoms with Gasteiger partial charge in [0.05, 0.1) is 0 Å². The van der Waals surface area contributed by atoms with Crippen LogP contribution in [0.25, 0.3) is 10.1 Å². The molecule has 0 bridgehead atoms. The second-order valence-electron chi connectivity index (χ2n) is 7.30. The highest BCUT2D eigenvalue weighted by molar-refractivity contribution is 7.17. The molecule has 1 saturated heterocycles. The molecule has 1 aliphatic heterocycles. The average Bonchev–Trinajstić information content (AvgIpc) is 3.02. The number of hydrogen-bond acceptors (Lipinski definition) is 5. The van der Waals surface area contributed by atoms with E-state index >= 15 is 0 Å². The third-order valence-electron chi connectivity index (χ3n) is 5.44. The maximum Gasteiger partial charge on any atom is 0.451 e. The minimum absolute atomic E-state index is 0.250. The van der Waals surface area contributed by atoms with Crippen LogP contribution >= 0.6 is 11.3 Å². The van der Waals surface area contributed by atoms with E-state index in [-0.39, 0.29) is 6.04 Å². The highest BCUT2D eigenvalue weighted by atomic mass is 32.1. The smallest absolute Gasteiger partial charge is 0.427 e. The predicted octanol–water partition coefficient (Wildman–Crippen LogP) is 3.08. The molecule has 1 aliphatic rings. The first kappa shape index (κ1) is 18.9. The van der Waals surface area contributed by atoms with Crippen molar-refractivity contribution in [2.45, 2.75) is 51.0 Å². The molecule has 1 aromatic heterocycles. The molecular formula is C19H29BN2O2S. The van der Waals surface area contributed by atoms with Gasteiger partial charge in [-0.3, -0.25) is 4.90 Å². The maximum absolute atomic E-state index is 8.89. The first-order valence-electron chi connectivity index (χ1n) is 9.42. The van der Waals surface area contributed by atoms with E-state index in [1.54, 1.807) is 0 Å². The van der Waals surface area contributed by atoms with Crippen molar-refractivity contribution in [3.8, 4) is 0 Å². The maximum atomic E-state index is 8.89. The number of hydrogen-bond donors (Lipinski definition) is 3. The number of benzene rings is 1. The third kappa shape index (κ3) is 5.28. The summed E-state index contributed by atoms with van der Waals surface area (Å²) < 4.78 is 1.38. The van der Waals surface area contributed by atoms with Crippen molar-refractivity contribution < 1.29 is 10.0 Å². The number of rotatable bonds is 8. The number of thiophene rings is 1. The lowest BCUT2D eigenvalue weighted by atomic mass is 9.82. The molecule has 1 unspecified atom stereocenters. The largest absolute Gasteiger partial charge is 0.451 e. The zero-order chi connectivity index (χ0) is 17.6. The molecule has 0 spiro atoms. The summed E-state index contributed by atoms with van der Waals surface area (Å²) >= 11 is 1.84. The van der Waals surface area contributed by atoms with Gasteiger partial charge >= 0.3 is 7.12 Å². The van der Waals surface area contributed by atoms with Gasteiger partial charge in [0.2, 0.25) is 0 Å². The number of fused-ring (bicyclic) bond motifs is 1. The van der Waals surface area contributed by atoms with E-state index in [2.05, 4.69) is 34.5 Å². The van der Waals surface area contributed by atoms with Crippen LogP contribution in [0.1, 0.15) is 37.7 Å². The van der Waals surface area contributed by atoms with Crippen LogP contribution in [-0.2, 0) is 6.54 Å². The number of piperidine rings is 1. The summed E-state index contributed by atoms with van der Waals surface area (Å²) in [6.07, 6.45) is 5.62. The Morgan fingerprint density at radius 3 is 2.72 bits per heavy atom. The molecule has 0 radical (unpaired) electrons. The Morgan fingerprint density at radius 1 is 1.20 bits per heavy atom. The standard InChI is InChI=1S/C19H29BN2O2S/c21-18(6-3-4-10-20(23)24)15-8-11-22(12-9-15)13-16-14-25-19-7-2-1-5-17(16)19/h1-2,5,7,14-15,18,23-24H,3-4,6,8-13,21H2. The fourth-order valence-electron chi connectivity index (χ4n) is 3.88. The second-order valence-corrected chi connectivity index (χ2v) is 8.21. The number of nitrogens with zero attached hydrogens (tertiary/aromatic N) is 1. The van der Waals surface area contributed by atoms with E-state index in [0.717, 1.165) is 38.9 Å². The van der Waals surface area contributed by atoms with E-state index in [1.807, 2.05) is 11.3 Å². The van der Waals surface area contributed by atoms with Crippen molar-refractivity contribution in [1.82, 2.24) is 4.90 Å². The first-order chi connectivity index (χ1) is 12.1. The second kappa shape index (κ2) is 9.15. The Morgan fingerprint density at radius 2 is 1.96 bits per heavy atom. The molecule has 1 aromatic carbocycles. The van der Waals surface area contributed by atoms with E-state index in [1.165, 1.54) is 28.5 Å². The highest BCUT2D eigenvalue weighted by Crippen LogP contribution is 2.29. The molecule has 0 saturated carbocycles. The van der Waals surface area contributed by atoms with Crippen molar-refractivity contribution in [3.05, 3.63) is 35.2 Å². The Balaban J connectivity index is 1.42. The first-order valence-corrected chi connectivity index (χ1v) is 10.3. The van der Waals surface area contributed by atoms with E-state index < -0.39 is 7.12 Å². The van der Waals surface area contributed by atoms with Gasteiger partial charge in [0, 0.05) is 17.3 Å². The van der Waals surface area contributed by atoms with Crippen LogP contribution in [-0.4, -0.2) is 41.2 Å². The number of likely N-dealkylation sites (tertiary alicyclic amines) is 1. The Hall–Kier alpha value is -0.915. The van der Waals surface area contributed by atoms with E-state index in [0.29, 0.717) is 12.2 Å². The van der Waals surface area contributed by atoms with Crippen molar-refractivity contribution in [2.24, 2.45) is 11.7 Å². The van der Waals surface area contributed by atoms with Gasteiger partial charge in [0.15, 0.2) is 0 Å². The fourth-order valence-corrected chi connectivity index (χ4v) is 4.83. The molecule has 1 fully saturated rings. The molecule has 25 heavy (non-hydrogen) atoms. The summed E-state index contributed by atoms with van der Waals surface area (Å²) in [5.41, 5.74) is 7.83. The fraction of sp³-hybridized carbons (Fsp3) is 0.579. The van der Waals surface area contributed by atoms with Gasteiger partial charge in [-0.25, -0.2) is 0 Å². The van der Waals surface area contributed by atoms with Gasteiger partial charge < -0.3 is 15.8 Å². The van der Waals surface area contributed by atoms with Crippen LogP contribution in [0.4, 0.5) is 0 Å². The molecule has 1 atom stereocenters. The predicted molar refractivity (Wildman–Crippen MR) is 107 cm³/mol. The minimum atomic E-state index is -1.17. The van der Waals surface area contributed by atoms with Gasteiger partial charge in [-0.05, 0) is 67.0 Å². The monoisotopic (exact) mass is 360 g/mol. The van der Waals surface area contributed by atoms with E-state index in [9.17, 15) is 0 Å². The van der Waals surface area contributed by atoms with Crippen molar-refractivity contribution >= 4 is 28.5 Å². The molecule has 6 heteroatoms. The lowest BCUT2D eigenvalue weighted by molar-refractivity contribution is 0.160. The van der Waals surface area contributed by atoms with Crippen LogP contribution in [0.5, 0.6) is 0 Å². The van der Waals surface area contributed by atoms with Crippen LogP contribution in [0.2, 0.25) is 6.32 Å². The molecule has 2 aromatic rings. The molecule has 4 N–H and O–H groups in total. The van der Waals surface area contributed by atoms with Crippen LogP contribution in [0.3, 0.4) is 0 Å². The molecule has 0 amide bonds. The number of unbranched alkanes of at least 4 members (excludes halogenated alkanes) is 1. The summed E-state index contributed by atoms with van der Waals surface area (Å²) in [5.74, 6) is 0.606. The summed E-state index contributed by atoms with van der Waals surface area (Å²) in [7, 11) is -1.17. The van der Waals surface area contributed by atoms with Gasteiger partial charge in [0.1, 0.15) is 0 Å². The lowest BCUT2D eigenvalue weighted by Gasteiger charge is -2.34. The third-order valence-corrected chi connectivity index (χ3v) is 6.45. The minimum Gasteiger partial charge on any atom is -0.427 e. The zero-order valence-electron chi connectivity index (χ0n) is 14.8. The summed E-state index contributed by atoms with van der Waals surface area (Å²) in [5, 5.41) is 21.5. The molecule has 2 heterocycles. The normalized spacial score (nSPS) is 17.9. The zero-order valence-corrected chi connectivity index (χ0v) is 15.6. The SMILES string of the molecule is NC(CCCCB(O)O)C1CCN(Cc2csc3ccccc23)CC1. The van der Waals surface area contributed by atoms with E-state index in [4.69, 9.17) is 15.8 Å². The summed E-state index contributed by atoms with van der Waals surface area (Å²) in [6, 6.07) is 8.91. The molecule has 3 rings (SSSR count). The quantitative estimate of drug-likeness (QED) is 0.500. The molecule has 136 valence electrons. The topological polar surface area (TPSA) is 69.7 Å². The Labute approximate surface area is 154 Å². The highest BCUT2D eigenvalue weighted by Gasteiger charge is 2.24. The van der Waals surface area contributed by atoms with Gasteiger partial charge in [-0.1, -0.05) is 31.0 Å². The summed E-state index contributed by atoms with van der Waals surface area (Å²) in [6.45, 7) is 3.29. The molecule has 0 aliphatic carbocycles. The van der Waals surface area contributed by atoms with Crippen molar-refractivity contribution in [3.63, 3.8) is 0 Å². The molecular weight excluding hydrogens is 331 g/mol. The van der Waals surface area contributed by atoms with Crippen molar-refractivity contribution in [1.29, 1.82) is 0 Å². The Bertz CT molecular complexity index is 656. The van der Waals surface area contributed by atoms with Crippen LogP contribution in [0.15, 0.2) is 29.6 Å². The van der Waals surface area contributed by atoms with Crippen LogP contribution in [0, 0.1) is 5.92 Å². The summed E-state index contributed by atoms with van der Waals surface area (Å²) in [4.78, 5) is 2.56.